The van der Waals surface area contributed by atoms with E-state index >= 15 is 0 Å². The molecule has 1 aliphatic heterocycles. The minimum Gasteiger partial charge on any atom is -0.478 e. The molecule has 7 nitrogen and oxygen atoms in total. The fraction of sp³-hybridized carbons (Fsp3) is 0.500. The molecule has 0 aromatic carbocycles. The van der Waals surface area contributed by atoms with E-state index in [1.165, 1.54) is 13.8 Å². The van der Waals surface area contributed by atoms with Crippen molar-refractivity contribution in [1.82, 2.24) is 0 Å². The monoisotopic (exact) mass is 244 g/mol. The summed E-state index contributed by atoms with van der Waals surface area (Å²) in [6.45, 7) is 2.75. The van der Waals surface area contributed by atoms with Crippen LogP contribution in [0.5, 0.6) is 0 Å². The van der Waals surface area contributed by atoms with Gasteiger partial charge in [0.2, 0.25) is 0 Å². The van der Waals surface area contributed by atoms with E-state index in [4.69, 9.17) is 14.6 Å². The Kier molecular flexibility index (Phi) is 3.52. The van der Waals surface area contributed by atoms with Gasteiger partial charge in [-0.2, -0.15) is 0 Å². The largest absolute Gasteiger partial charge is 0.478 e. The lowest BCUT2D eigenvalue weighted by Gasteiger charge is -2.33. The number of carboxylic acid groups (broad SMARTS) is 1. The number of hydrogen-bond acceptors (Lipinski definition) is 6. The number of carboxylic acids is 1. The maximum atomic E-state index is 11.4. The Labute approximate surface area is 96.6 Å². The topological polar surface area (TPSA) is 110 Å². The van der Waals surface area contributed by atoms with Crippen LogP contribution in [0.2, 0.25) is 0 Å². The number of carbonyl (C=O) groups is 3. The highest BCUT2D eigenvalue weighted by atomic mass is 16.7. The number of aliphatic hydroxyl groups excluding tert-OH is 1. The van der Waals surface area contributed by atoms with Gasteiger partial charge >= 0.3 is 17.9 Å². The van der Waals surface area contributed by atoms with Crippen LogP contribution in [-0.4, -0.2) is 40.0 Å². The highest BCUT2D eigenvalue weighted by molar-refractivity contribution is 5.97. The summed E-state index contributed by atoms with van der Waals surface area (Å²) in [5, 5.41) is 17.8. The summed E-state index contributed by atoms with van der Waals surface area (Å²) in [5.41, 5.74) is 0. The molecule has 17 heavy (non-hydrogen) atoms. The number of ether oxygens (including phenoxy) is 2. The number of aliphatic hydroxyl groups is 1. The van der Waals surface area contributed by atoms with Gasteiger partial charge in [-0.05, 0) is 6.08 Å². The van der Waals surface area contributed by atoms with E-state index in [2.05, 4.69) is 0 Å². The van der Waals surface area contributed by atoms with Crippen LogP contribution >= 0.6 is 0 Å². The van der Waals surface area contributed by atoms with Crippen LogP contribution in [0.1, 0.15) is 13.8 Å². The van der Waals surface area contributed by atoms with Gasteiger partial charge in [-0.25, -0.2) is 4.79 Å². The molecule has 0 aromatic rings. The normalized spacial score (nSPS) is 22.1. The average Bonchev–Trinajstić information content (AvgIpc) is 2.11. The molecule has 94 valence electrons. The summed E-state index contributed by atoms with van der Waals surface area (Å²) in [5.74, 6) is -6.14. The minimum atomic E-state index is -1.60. The van der Waals surface area contributed by atoms with Crippen molar-refractivity contribution in [2.75, 3.05) is 0 Å². The minimum absolute atomic E-state index is 0.630. The maximum Gasteiger partial charge on any atom is 0.328 e. The fourth-order valence-corrected chi connectivity index (χ4v) is 1.30. The lowest BCUT2D eigenvalue weighted by molar-refractivity contribution is -0.243. The molecular formula is C10H12O7. The van der Waals surface area contributed by atoms with Crippen molar-refractivity contribution in [3.8, 4) is 0 Å². The summed E-state index contributed by atoms with van der Waals surface area (Å²) >= 11 is 0. The zero-order valence-corrected chi connectivity index (χ0v) is 9.25. The third kappa shape index (κ3) is 3.28. The van der Waals surface area contributed by atoms with Gasteiger partial charge in [0.15, 0.2) is 5.92 Å². The molecule has 1 saturated heterocycles. The molecule has 0 radical (unpaired) electrons. The van der Waals surface area contributed by atoms with E-state index in [1.54, 1.807) is 0 Å². The van der Waals surface area contributed by atoms with Crippen molar-refractivity contribution in [1.29, 1.82) is 0 Å². The molecule has 2 N–H and O–H groups in total. The molecule has 1 atom stereocenters. The van der Waals surface area contributed by atoms with Crippen molar-refractivity contribution in [3.63, 3.8) is 0 Å². The van der Waals surface area contributed by atoms with Crippen LogP contribution < -0.4 is 0 Å². The van der Waals surface area contributed by atoms with E-state index < -0.39 is 35.7 Å². The lowest BCUT2D eigenvalue weighted by Crippen LogP contribution is -2.49. The number of cyclic esters (lactones) is 2. The first-order chi connectivity index (χ1) is 7.73. The summed E-state index contributed by atoms with van der Waals surface area (Å²) in [6, 6.07) is 0. The second kappa shape index (κ2) is 4.54. The third-order valence-corrected chi connectivity index (χ3v) is 1.98. The number of esters is 2. The molecule has 1 fully saturated rings. The van der Waals surface area contributed by atoms with Crippen molar-refractivity contribution >= 4 is 17.9 Å². The van der Waals surface area contributed by atoms with Crippen molar-refractivity contribution in [3.05, 3.63) is 12.2 Å². The Bertz CT molecular complexity index is 362. The second-order valence-corrected chi connectivity index (χ2v) is 3.91. The van der Waals surface area contributed by atoms with E-state index in [0.29, 0.717) is 6.08 Å². The van der Waals surface area contributed by atoms with Crippen LogP contribution in [0.3, 0.4) is 0 Å². The molecule has 1 unspecified atom stereocenters. The summed E-state index contributed by atoms with van der Waals surface area (Å²) in [4.78, 5) is 33.1. The fourth-order valence-electron chi connectivity index (χ4n) is 1.30. The van der Waals surface area contributed by atoms with Crippen LogP contribution in [0, 0.1) is 5.92 Å². The third-order valence-electron chi connectivity index (χ3n) is 1.98. The van der Waals surface area contributed by atoms with E-state index in [9.17, 15) is 19.5 Å². The van der Waals surface area contributed by atoms with Gasteiger partial charge in [-0.3, -0.25) is 9.59 Å². The predicted molar refractivity (Wildman–Crippen MR) is 52.5 cm³/mol. The Balaban J connectivity index is 2.81. The van der Waals surface area contributed by atoms with Crippen LogP contribution in [0.15, 0.2) is 12.2 Å². The molecule has 0 saturated carbocycles. The first-order valence-corrected chi connectivity index (χ1v) is 4.78. The number of aliphatic carboxylic acids is 1. The predicted octanol–water partition coefficient (Wildman–Crippen LogP) is -0.560. The highest BCUT2D eigenvalue weighted by Crippen LogP contribution is 2.25. The summed E-state index contributed by atoms with van der Waals surface area (Å²) < 4.78 is 9.52. The standard InChI is InChI=1S/C10H12O7/c1-10(2)16-8(14)7(9(15)17-10)5(11)3-4-6(12)13/h3-5,7,11H,1-2H3,(H,12,13)/b4-3+. The molecule has 1 heterocycles. The summed E-state index contributed by atoms with van der Waals surface area (Å²) in [7, 11) is 0. The molecular weight excluding hydrogens is 232 g/mol. The van der Waals surface area contributed by atoms with Gasteiger partial charge in [0.05, 0.1) is 6.10 Å². The van der Waals surface area contributed by atoms with Crippen LogP contribution in [0.25, 0.3) is 0 Å². The van der Waals surface area contributed by atoms with Crippen molar-refractivity contribution < 1.29 is 34.1 Å². The molecule has 1 rings (SSSR count). The number of rotatable bonds is 3. The first-order valence-electron chi connectivity index (χ1n) is 4.78. The van der Waals surface area contributed by atoms with Gasteiger partial charge in [0.25, 0.3) is 5.79 Å². The first kappa shape index (κ1) is 13.2. The van der Waals surface area contributed by atoms with Gasteiger partial charge in [-0.15, -0.1) is 0 Å². The van der Waals surface area contributed by atoms with Gasteiger partial charge in [0, 0.05) is 19.9 Å². The second-order valence-electron chi connectivity index (χ2n) is 3.91. The van der Waals surface area contributed by atoms with Crippen molar-refractivity contribution in [2.45, 2.75) is 25.7 Å². The van der Waals surface area contributed by atoms with Gasteiger partial charge in [-0.1, -0.05) is 0 Å². The summed E-state index contributed by atoms with van der Waals surface area (Å²) in [6.07, 6.45) is -0.152. The van der Waals surface area contributed by atoms with Crippen LogP contribution in [-0.2, 0) is 23.9 Å². The van der Waals surface area contributed by atoms with Gasteiger partial charge in [0.1, 0.15) is 0 Å². The average molecular weight is 244 g/mol. The molecule has 0 aromatic heterocycles. The Morgan fingerprint density at radius 3 is 2.24 bits per heavy atom. The van der Waals surface area contributed by atoms with E-state index in [1.807, 2.05) is 0 Å². The number of hydrogen-bond donors (Lipinski definition) is 2. The van der Waals surface area contributed by atoms with Crippen LogP contribution in [0.4, 0.5) is 0 Å². The zero-order chi connectivity index (χ0) is 13.2. The Morgan fingerprint density at radius 2 is 1.82 bits per heavy atom. The van der Waals surface area contributed by atoms with Crippen molar-refractivity contribution in [2.24, 2.45) is 5.92 Å². The molecule has 0 bridgehead atoms. The quantitative estimate of drug-likeness (QED) is 0.389. The molecule has 1 aliphatic rings. The molecule has 0 aliphatic carbocycles. The zero-order valence-electron chi connectivity index (χ0n) is 9.25. The molecule has 7 heteroatoms. The lowest BCUT2D eigenvalue weighted by atomic mass is 10.0. The molecule has 0 spiro atoms. The highest BCUT2D eigenvalue weighted by Gasteiger charge is 2.46. The van der Waals surface area contributed by atoms with E-state index in [-0.39, 0.29) is 0 Å². The maximum absolute atomic E-state index is 11.4. The SMILES string of the molecule is CC1(C)OC(=O)C(C(O)/C=C/C(=O)O)C(=O)O1. The molecule has 0 amide bonds. The smallest absolute Gasteiger partial charge is 0.328 e. The number of carbonyl (C=O) groups excluding carboxylic acids is 2. The Morgan fingerprint density at radius 1 is 1.35 bits per heavy atom. The van der Waals surface area contributed by atoms with Gasteiger partial charge < -0.3 is 19.7 Å². The van der Waals surface area contributed by atoms with E-state index in [0.717, 1.165) is 6.08 Å². The Hall–Kier alpha value is -1.89.